The van der Waals surface area contributed by atoms with E-state index in [1.54, 1.807) is 24.3 Å². The number of rotatable bonds is 5. The molecule has 0 spiro atoms. The molecule has 0 aliphatic heterocycles. The van der Waals surface area contributed by atoms with Crippen LogP contribution in [0.5, 0.6) is 5.75 Å². The standard InChI is InChI=1S/C16H14BrNO3/c1-11-8-13(17)4-7-15(11)18-16(20)10-21-14-5-2-12(9-19)3-6-14/h2-9H,10H2,1H3,(H,18,20). The van der Waals surface area contributed by atoms with E-state index in [0.29, 0.717) is 11.3 Å². The zero-order chi connectivity index (χ0) is 15.2. The van der Waals surface area contributed by atoms with Gasteiger partial charge in [0.25, 0.3) is 5.91 Å². The summed E-state index contributed by atoms with van der Waals surface area (Å²) in [6.45, 7) is 1.83. The number of halogens is 1. The Morgan fingerprint density at radius 2 is 1.95 bits per heavy atom. The Kier molecular flexibility index (Phi) is 5.11. The van der Waals surface area contributed by atoms with E-state index in [1.165, 1.54) is 0 Å². The van der Waals surface area contributed by atoms with Gasteiger partial charge in [0.1, 0.15) is 12.0 Å². The molecule has 0 bridgehead atoms. The molecule has 0 atom stereocenters. The zero-order valence-electron chi connectivity index (χ0n) is 11.4. The molecule has 0 aliphatic rings. The van der Waals surface area contributed by atoms with E-state index < -0.39 is 0 Å². The Morgan fingerprint density at radius 1 is 1.24 bits per heavy atom. The maximum Gasteiger partial charge on any atom is 0.262 e. The topological polar surface area (TPSA) is 55.4 Å². The Balaban J connectivity index is 1.90. The molecule has 2 aromatic rings. The van der Waals surface area contributed by atoms with Crippen molar-refractivity contribution in [3.63, 3.8) is 0 Å². The summed E-state index contributed by atoms with van der Waals surface area (Å²) in [5.74, 6) is 0.308. The molecule has 0 saturated heterocycles. The van der Waals surface area contributed by atoms with Gasteiger partial charge < -0.3 is 10.1 Å². The van der Waals surface area contributed by atoms with E-state index in [-0.39, 0.29) is 12.5 Å². The van der Waals surface area contributed by atoms with Gasteiger partial charge in [0.2, 0.25) is 0 Å². The van der Waals surface area contributed by atoms with Crippen molar-refractivity contribution in [2.45, 2.75) is 6.92 Å². The highest BCUT2D eigenvalue weighted by atomic mass is 79.9. The highest BCUT2D eigenvalue weighted by molar-refractivity contribution is 9.10. The van der Waals surface area contributed by atoms with E-state index in [4.69, 9.17) is 4.74 Å². The van der Waals surface area contributed by atoms with Crippen LogP contribution in [0.1, 0.15) is 15.9 Å². The van der Waals surface area contributed by atoms with E-state index >= 15 is 0 Å². The van der Waals surface area contributed by atoms with Crippen molar-refractivity contribution < 1.29 is 14.3 Å². The third kappa shape index (κ3) is 4.43. The normalized spacial score (nSPS) is 10.0. The predicted octanol–water partition coefficient (Wildman–Crippen LogP) is 3.59. The molecular formula is C16H14BrNO3. The SMILES string of the molecule is Cc1cc(Br)ccc1NC(=O)COc1ccc(C=O)cc1. The molecule has 2 rings (SSSR count). The molecule has 1 amide bonds. The van der Waals surface area contributed by atoms with Gasteiger partial charge in [-0.25, -0.2) is 0 Å². The van der Waals surface area contributed by atoms with Crippen molar-refractivity contribution in [1.29, 1.82) is 0 Å². The van der Waals surface area contributed by atoms with Gasteiger partial charge in [-0.2, -0.15) is 0 Å². The number of carbonyl (C=O) groups is 2. The van der Waals surface area contributed by atoms with Gasteiger partial charge in [-0.15, -0.1) is 0 Å². The molecule has 0 aromatic heterocycles. The Morgan fingerprint density at radius 3 is 2.57 bits per heavy atom. The van der Waals surface area contributed by atoms with Gasteiger partial charge in [-0.1, -0.05) is 15.9 Å². The maximum atomic E-state index is 11.8. The minimum Gasteiger partial charge on any atom is -0.484 e. The van der Waals surface area contributed by atoms with Crippen LogP contribution in [0, 0.1) is 6.92 Å². The number of aryl methyl sites for hydroxylation is 1. The van der Waals surface area contributed by atoms with Crippen molar-refractivity contribution in [3.05, 3.63) is 58.1 Å². The van der Waals surface area contributed by atoms with E-state index in [9.17, 15) is 9.59 Å². The highest BCUT2D eigenvalue weighted by Gasteiger charge is 2.06. The van der Waals surface area contributed by atoms with Crippen LogP contribution in [0.4, 0.5) is 5.69 Å². The van der Waals surface area contributed by atoms with Gasteiger partial charge in [0, 0.05) is 15.7 Å². The number of aldehydes is 1. The second-order valence-corrected chi connectivity index (χ2v) is 5.40. The van der Waals surface area contributed by atoms with Crippen molar-refractivity contribution in [2.75, 3.05) is 11.9 Å². The van der Waals surface area contributed by atoms with Crippen molar-refractivity contribution in [3.8, 4) is 5.75 Å². The first kappa shape index (κ1) is 15.3. The van der Waals surface area contributed by atoms with Gasteiger partial charge in [0.15, 0.2) is 6.61 Å². The van der Waals surface area contributed by atoms with Crippen molar-refractivity contribution in [1.82, 2.24) is 0 Å². The second-order valence-electron chi connectivity index (χ2n) is 4.48. The molecule has 108 valence electrons. The van der Waals surface area contributed by atoms with Crippen LogP contribution in [-0.4, -0.2) is 18.8 Å². The van der Waals surface area contributed by atoms with Gasteiger partial charge in [-0.3, -0.25) is 9.59 Å². The van der Waals surface area contributed by atoms with Crippen LogP contribution in [0.25, 0.3) is 0 Å². The number of amides is 1. The lowest BCUT2D eigenvalue weighted by Gasteiger charge is -2.10. The highest BCUT2D eigenvalue weighted by Crippen LogP contribution is 2.20. The molecule has 5 heteroatoms. The van der Waals surface area contributed by atoms with Gasteiger partial charge in [0.05, 0.1) is 0 Å². The summed E-state index contributed by atoms with van der Waals surface area (Å²) < 4.78 is 6.33. The van der Waals surface area contributed by atoms with E-state index in [0.717, 1.165) is 22.0 Å². The molecule has 0 aliphatic carbocycles. The van der Waals surface area contributed by atoms with Crippen molar-refractivity contribution >= 4 is 33.8 Å². The number of ether oxygens (including phenoxy) is 1. The average molecular weight is 348 g/mol. The Labute approximate surface area is 131 Å². The molecular weight excluding hydrogens is 334 g/mol. The fraction of sp³-hybridized carbons (Fsp3) is 0.125. The van der Waals surface area contributed by atoms with Crippen LogP contribution in [-0.2, 0) is 4.79 Å². The van der Waals surface area contributed by atoms with Crippen LogP contribution in [0.2, 0.25) is 0 Å². The summed E-state index contributed by atoms with van der Waals surface area (Å²) in [7, 11) is 0. The minimum absolute atomic E-state index is 0.0874. The molecule has 1 N–H and O–H groups in total. The Bertz CT molecular complexity index is 653. The lowest BCUT2D eigenvalue weighted by molar-refractivity contribution is -0.118. The molecule has 0 heterocycles. The average Bonchev–Trinajstić information content (AvgIpc) is 2.48. The fourth-order valence-electron chi connectivity index (χ4n) is 1.75. The first-order chi connectivity index (χ1) is 10.1. The molecule has 21 heavy (non-hydrogen) atoms. The maximum absolute atomic E-state index is 11.8. The van der Waals surface area contributed by atoms with Crippen LogP contribution < -0.4 is 10.1 Å². The third-order valence-corrected chi connectivity index (χ3v) is 3.34. The molecule has 0 fully saturated rings. The monoisotopic (exact) mass is 347 g/mol. The molecule has 2 aromatic carbocycles. The summed E-state index contributed by atoms with van der Waals surface area (Å²) >= 11 is 3.37. The summed E-state index contributed by atoms with van der Waals surface area (Å²) in [5, 5.41) is 2.79. The second kappa shape index (κ2) is 7.04. The molecule has 0 saturated carbocycles. The quantitative estimate of drug-likeness (QED) is 0.841. The van der Waals surface area contributed by atoms with Gasteiger partial charge >= 0.3 is 0 Å². The molecule has 0 unspecified atom stereocenters. The summed E-state index contributed by atoms with van der Waals surface area (Å²) in [4.78, 5) is 22.4. The van der Waals surface area contributed by atoms with Crippen LogP contribution in [0.3, 0.4) is 0 Å². The van der Waals surface area contributed by atoms with Crippen LogP contribution in [0.15, 0.2) is 46.9 Å². The fourth-order valence-corrected chi connectivity index (χ4v) is 2.22. The number of hydrogen-bond donors (Lipinski definition) is 1. The first-order valence-corrected chi connectivity index (χ1v) is 7.12. The number of anilines is 1. The number of nitrogens with one attached hydrogen (secondary N) is 1. The first-order valence-electron chi connectivity index (χ1n) is 6.32. The lowest BCUT2D eigenvalue weighted by Crippen LogP contribution is -2.20. The number of hydrogen-bond acceptors (Lipinski definition) is 3. The zero-order valence-corrected chi connectivity index (χ0v) is 13.0. The minimum atomic E-state index is -0.236. The Hall–Kier alpha value is -2.14. The molecule has 0 radical (unpaired) electrons. The van der Waals surface area contributed by atoms with E-state index in [1.807, 2.05) is 25.1 Å². The van der Waals surface area contributed by atoms with Gasteiger partial charge in [-0.05, 0) is 55.0 Å². The van der Waals surface area contributed by atoms with E-state index in [2.05, 4.69) is 21.2 Å². The summed E-state index contributed by atoms with van der Waals surface area (Å²) in [6, 6.07) is 12.2. The van der Waals surface area contributed by atoms with Crippen molar-refractivity contribution in [2.24, 2.45) is 0 Å². The number of carbonyl (C=O) groups excluding carboxylic acids is 2. The molecule has 4 nitrogen and oxygen atoms in total. The number of benzene rings is 2. The summed E-state index contributed by atoms with van der Waals surface area (Å²) in [6.07, 6.45) is 0.757. The largest absolute Gasteiger partial charge is 0.484 e. The third-order valence-electron chi connectivity index (χ3n) is 2.85. The summed E-state index contributed by atoms with van der Waals surface area (Å²) in [5.41, 5.74) is 2.29. The smallest absolute Gasteiger partial charge is 0.262 e. The predicted molar refractivity (Wildman–Crippen MR) is 84.8 cm³/mol. The van der Waals surface area contributed by atoms with Crippen LogP contribution >= 0.6 is 15.9 Å². The lowest BCUT2D eigenvalue weighted by atomic mass is 10.2.